The fourth-order valence-corrected chi connectivity index (χ4v) is 6.05. The van der Waals surface area contributed by atoms with Crippen LogP contribution in [0.1, 0.15) is 11.3 Å². The van der Waals surface area contributed by atoms with Gasteiger partial charge in [0, 0.05) is 38.7 Å². The van der Waals surface area contributed by atoms with Crippen LogP contribution in [0.25, 0.3) is 78.1 Å². The third-order valence-corrected chi connectivity index (χ3v) is 8.49. The molecule has 0 spiro atoms. The van der Waals surface area contributed by atoms with Gasteiger partial charge >= 0.3 is 0 Å². The molecule has 0 fully saturated rings. The molecule has 0 N–H and O–H groups in total. The van der Waals surface area contributed by atoms with Crippen molar-refractivity contribution in [2.24, 2.45) is 0 Å². The molecule has 0 amide bonds. The van der Waals surface area contributed by atoms with Gasteiger partial charge in [0.2, 0.25) is 0 Å². The van der Waals surface area contributed by atoms with Crippen LogP contribution in [-0.2, 0) is 0 Å². The molecule has 0 aliphatic rings. The van der Waals surface area contributed by atoms with Crippen LogP contribution in [0.15, 0.2) is 146 Å². The first-order valence-electron chi connectivity index (χ1n) is 15.5. The Bertz CT molecular complexity index is 2310. The average molecular weight is 591 g/mol. The molecule has 8 aromatic rings. The summed E-state index contributed by atoms with van der Waals surface area (Å²) in [7, 11) is 0. The third kappa shape index (κ3) is 5.20. The Morgan fingerprint density at radius 2 is 0.957 bits per heavy atom. The number of hydrogen-bond donors (Lipinski definition) is 0. The molecule has 4 nitrogen and oxygen atoms in total. The average Bonchev–Trinajstić information content (AvgIpc) is 3.12. The maximum absolute atomic E-state index is 5.15. The first-order chi connectivity index (χ1) is 22.6. The van der Waals surface area contributed by atoms with Gasteiger partial charge in [-0.15, -0.1) is 0 Å². The normalized spacial score (nSPS) is 11.3. The predicted molar refractivity (Wildman–Crippen MR) is 189 cm³/mol. The highest BCUT2D eigenvalue weighted by Gasteiger charge is 2.13. The van der Waals surface area contributed by atoms with Crippen molar-refractivity contribution in [1.29, 1.82) is 0 Å². The van der Waals surface area contributed by atoms with Gasteiger partial charge in [-0.1, -0.05) is 121 Å². The molecule has 0 aliphatic carbocycles. The van der Waals surface area contributed by atoms with Gasteiger partial charge in [-0.25, -0.2) is 15.0 Å². The molecular formula is C42H30N4. The second kappa shape index (κ2) is 11.5. The number of benzene rings is 5. The largest absolute Gasteiger partial charge is 0.251 e. The monoisotopic (exact) mass is 590 g/mol. The maximum Gasteiger partial charge on any atom is 0.160 e. The van der Waals surface area contributed by atoms with Gasteiger partial charge in [-0.2, -0.15) is 0 Å². The van der Waals surface area contributed by atoms with Crippen LogP contribution >= 0.6 is 0 Å². The van der Waals surface area contributed by atoms with Crippen molar-refractivity contribution in [2.45, 2.75) is 13.8 Å². The summed E-state index contributed by atoms with van der Waals surface area (Å²) in [6.07, 6.45) is 0. The van der Waals surface area contributed by atoms with Crippen molar-refractivity contribution in [3.63, 3.8) is 0 Å². The molecule has 0 radical (unpaired) electrons. The molecule has 3 aromatic heterocycles. The Hall–Kier alpha value is -6.00. The Morgan fingerprint density at radius 1 is 0.370 bits per heavy atom. The fourth-order valence-electron chi connectivity index (χ4n) is 6.05. The number of aromatic nitrogens is 4. The van der Waals surface area contributed by atoms with Crippen LogP contribution < -0.4 is 0 Å². The van der Waals surface area contributed by atoms with Gasteiger partial charge in [0.05, 0.1) is 28.1 Å². The van der Waals surface area contributed by atoms with Gasteiger partial charge in [0.15, 0.2) is 5.82 Å². The molecule has 0 saturated heterocycles. The van der Waals surface area contributed by atoms with E-state index in [-0.39, 0.29) is 0 Å². The number of rotatable bonds is 5. The summed E-state index contributed by atoms with van der Waals surface area (Å²) in [4.78, 5) is 19.9. The molecule has 5 aromatic carbocycles. The van der Waals surface area contributed by atoms with Crippen molar-refractivity contribution in [3.05, 3.63) is 157 Å². The first kappa shape index (κ1) is 27.5. The summed E-state index contributed by atoms with van der Waals surface area (Å²) in [6.45, 7) is 4.18. The lowest BCUT2D eigenvalue weighted by atomic mass is 9.98. The predicted octanol–water partition coefficient (Wildman–Crippen LogP) is 10.5. The molecule has 218 valence electrons. The maximum atomic E-state index is 5.15. The lowest BCUT2D eigenvalue weighted by molar-refractivity contribution is 1.18. The van der Waals surface area contributed by atoms with E-state index < -0.39 is 0 Å². The highest BCUT2D eigenvalue weighted by Crippen LogP contribution is 2.33. The van der Waals surface area contributed by atoms with E-state index in [0.29, 0.717) is 5.82 Å². The first-order valence-corrected chi connectivity index (χ1v) is 15.5. The smallest absolute Gasteiger partial charge is 0.160 e. The Morgan fingerprint density at radius 3 is 1.70 bits per heavy atom. The topological polar surface area (TPSA) is 51.6 Å². The summed E-state index contributed by atoms with van der Waals surface area (Å²) in [5.74, 6) is 0.713. The molecule has 8 rings (SSSR count). The van der Waals surface area contributed by atoms with E-state index in [1.807, 2.05) is 43.3 Å². The third-order valence-electron chi connectivity index (χ3n) is 8.49. The van der Waals surface area contributed by atoms with Crippen molar-refractivity contribution in [3.8, 4) is 56.3 Å². The van der Waals surface area contributed by atoms with Crippen LogP contribution in [0.5, 0.6) is 0 Å². The van der Waals surface area contributed by atoms with E-state index in [9.17, 15) is 0 Å². The van der Waals surface area contributed by atoms with Gasteiger partial charge < -0.3 is 0 Å². The summed E-state index contributed by atoms with van der Waals surface area (Å²) in [6, 6.07) is 50.4. The summed E-state index contributed by atoms with van der Waals surface area (Å²) in [5.41, 5.74) is 13.2. The highest BCUT2D eigenvalue weighted by molar-refractivity contribution is 6.04. The van der Waals surface area contributed by atoms with E-state index >= 15 is 0 Å². The lowest BCUT2D eigenvalue weighted by Gasteiger charge is -2.11. The van der Waals surface area contributed by atoms with Crippen molar-refractivity contribution < 1.29 is 0 Å². The number of hydrogen-bond acceptors (Lipinski definition) is 4. The number of pyridine rings is 2. The zero-order valence-electron chi connectivity index (χ0n) is 25.6. The van der Waals surface area contributed by atoms with Crippen molar-refractivity contribution >= 4 is 21.8 Å². The van der Waals surface area contributed by atoms with Crippen LogP contribution in [0.3, 0.4) is 0 Å². The second-order valence-corrected chi connectivity index (χ2v) is 11.7. The molecule has 46 heavy (non-hydrogen) atoms. The molecule has 0 aliphatic heterocycles. The van der Waals surface area contributed by atoms with E-state index in [4.69, 9.17) is 19.9 Å². The van der Waals surface area contributed by atoms with Crippen LogP contribution in [0, 0.1) is 13.8 Å². The summed E-state index contributed by atoms with van der Waals surface area (Å²) >= 11 is 0. The lowest BCUT2D eigenvalue weighted by Crippen LogP contribution is -1.95. The minimum Gasteiger partial charge on any atom is -0.251 e. The molecule has 0 saturated carbocycles. The van der Waals surface area contributed by atoms with Crippen LogP contribution in [-0.4, -0.2) is 19.9 Å². The Labute approximate surface area is 268 Å². The van der Waals surface area contributed by atoms with E-state index in [1.54, 1.807) is 0 Å². The molecule has 3 heterocycles. The minimum atomic E-state index is 0.713. The van der Waals surface area contributed by atoms with E-state index in [0.717, 1.165) is 78.0 Å². The highest BCUT2D eigenvalue weighted by atomic mass is 14.9. The number of aryl methyl sites for hydroxylation is 2. The van der Waals surface area contributed by atoms with Gasteiger partial charge in [-0.05, 0) is 54.8 Å². The second-order valence-electron chi connectivity index (χ2n) is 11.7. The van der Waals surface area contributed by atoms with Crippen LogP contribution in [0.4, 0.5) is 0 Å². The SMILES string of the molecule is Cc1ccc2ccc3c(C)cc(-c4cccc(-c5ccc(-c6cc(-c7ccccc7)nc(-c7ccccc7)n6)cc5)c4)nc3c2n1. The Kier molecular flexibility index (Phi) is 6.88. The molecule has 0 atom stereocenters. The number of nitrogens with zero attached hydrogens (tertiary/aromatic N) is 4. The van der Waals surface area contributed by atoms with Crippen molar-refractivity contribution in [1.82, 2.24) is 19.9 Å². The quantitative estimate of drug-likeness (QED) is 0.187. The standard InChI is InChI=1S/C42H30N4/c1-27-24-37(44-41-36(27)23-22-32-17-16-28(2)43-40(32)41)35-15-9-14-34(25-35)29-18-20-31(21-19-29)39-26-38(30-10-5-3-6-11-30)45-42(46-39)33-12-7-4-8-13-33/h3-26H,1-2H3. The summed E-state index contributed by atoms with van der Waals surface area (Å²) in [5, 5.41) is 2.24. The Balaban J connectivity index is 1.17. The van der Waals surface area contributed by atoms with Gasteiger partial charge in [-0.3, -0.25) is 4.98 Å². The van der Waals surface area contributed by atoms with Crippen LogP contribution in [0.2, 0.25) is 0 Å². The van der Waals surface area contributed by atoms with E-state index in [2.05, 4.69) is 116 Å². The molecular weight excluding hydrogens is 560 g/mol. The van der Waals surface area contributed by atoms with Gasteiger partial charge in [0.25, 0.3) is 0 Å². The fraction of sp³-hybridized carbons (Fsp3) is 0.0476. The minimum absolute atomic E-state index is 0.713. The summed E-state index contributed by atoms with van der Waals surface area (Å²) < 4.78 is 0. The molecule has 0 bridgehead atoms. The number of fused-ring (bicyclic) bond motifs is 3. The van der Waals surface area contributed by atoms with Gasteiger partial charge in [0.1, 0.15) is 0 Å². The molecule has 0 unspecified atom stereocenters. The zero-order chi connectivity index (χ0) is 31.0. The van der Waals surface area contributed by atoms with Crippen molar-refractivity contribution in [2.75, 3.05) is 0 Å². The molecule has 4 heteroatoms. The van der Waals surface area contributed by atoms with E-state index in [1.165, 1.54) is 5.56 Å². The zero-order valence-corrected chi connectivity index (χ0v) is 25.6.